The summed E-state index contributed by atoms with van der Waals surface area (Å²) >= 11 is 3.33. The van der Waals surface area contributed by atoms with Crippen molar-refractivity contribution in [2.24, 2.45) is 5.92 Å². The number of aliphatic hydroxyl groups is 1. The van der Waals surface area contributed by atoms with E-state index in [4.69, 9.17) is 5.11 Å². The molecule has 1 aromatic rings. The molecule has 1 fully saturated rings. The topological polar surface area (TPSA) is 74.6 Å². The van der Waals surface area contributed by atoms with Crippen molar-refractivity contribution in [3.63, 3.8) is 0 Å². The van der Waals surface area contributed by atoms with Gasteiger partial charge in [-0.25, -0.2) is 0 Å². The van der Waals surface area contributed by atoms with Crippen molar-refractivity contribution in [3.8, 4) is 0 Å². The molecule has 0 aliphatic heterocycles. The Morgan fingerprint density at radius 2 is 2.05 bits per heavy atom. The third kappa shape index (κ3) is 3.90. The summed E-state index contributed by atoms with van der Waals surface area (Å²) in [7, 11) is -1.28. The zero-order valence-corrected chi connectivity index (χ0v) is 13.3. The van der Waals surface area contributed by atoms with E-state index in [-0.39, 0.29) is 11.7 Å². The second kappa shape index (κ2) is 6.37. The van der Waals surface area contributed by atoms with Gasteiger partial charge in [0.05, 0.1) is 28.1 Å². The highest BCUT2D eigenvalue weighted by Gasteiger charge is 2.37. The Kier molecular flexibility index (Phi) is 4.99. The Balaban J connectivity index is 1.99. The maximum atomic E-state index is 12.3. The minimum absolute atomic E-state index is 0.162. The van der Waals surface area contributed by atoms with Gasteiger partial charge in [0.25, 0.3) is 0 Å². The lowest BCUT2D eigenvalue weighted by atomic mass is 9.80. The van der Waals surface area contributed by atoms with Gasteiger partial charge in [-0.2, -0.15) is 0 Å². The molecule has 1 atom stereocenters. The lowest BCUT2D eigenvalue weighted by Crippen LogP contribution is -2.40. The van der Waals surface area contributed by atoms with Crippen molar-refractivity contribution in [2.75, 3.05) is 5.75 Å². The molecule has 0 heterocycles. The van der Waals surface area contributed by atoms with Crippen molar-refractivity contribution in [3.05, 3.63) is 28.7 Å². The summed E-state index contributed by atoms with van der Waals surface area (Å²) in [5, 5.41) is 19.4. The zero-order valence-electron chi connectivity index (χ0n) is 10.9. The van der Waals surface area contributed by atoms with E-state index in [1.54, 1.807) is 12.1 Å². The molecule has 1 unspecified atom stereocenters. The number of rotatable bonds is 4. The second-order valence-corrected chi connectivity index (χ2v) is 7.65. The fraction of sp³-hybridized carbons (Fsp3) is 0.500. The van der Waals surface area contributed by atoms with E-state index in [1.165, 1.54) is 0 Å². The van der Waals surface area contributed by atoms with Crippen molar-refractivity contribution >= 4 is 32.7 Å². The van der Waals surface area contributed by atoms with Gasteiger partial charge in [0.15, 0.2) is 0 Å². The van der Waals surface area contributed by atoms with Crippen LogP contribution in [0.25, 0.3) is 0 Å². The van der Waals surface area contributed by atoms with Crippen LogP contribution in [0, 0.1) is 5.92 Å². The maximum Gasteiger partial charge on any atom is 0.306 e. The molecule has 0 spiro atoms. The summed E-state index contributed by atoms with van der Waals surface area (Å²) in [5.74, 6) is -1.02. The molecule has 0 bridgehead atoms. The zero-order chi connectivity index (χ0) is 14.8. The average Bonchev–Trinajstić information content (AvgIpc) is 2.38. The molecule has 0 aromatic heterocycles. The summed E-state index contributed by atoms with van der Waals surface area (Å²) in [6.07, 6.45) is 1.68. The van der Waals surface area contributed by atoms with Gasteiger partial charge < -0.3 is 10.2 Å². The number of halogens is 1. The first-order valence-electron chi connectivity index (χ1n) is 6.49. The third-order valence-corrected chi connectivity index (χ3v) is 5.80. The Bertz CT molecular complexity index is 524. The summed E-state index contributed by atoms with van der Waals surface area (Å²) in [4.78, 5) is 11.6. The van der Waals surface area contributed by atoms with Crippen LogP contribution in [0.15, 0.2) is 33.6 Å². The lowest BCUT2D eigenvalue weighted by Gasteiger charge is -2.34. The summed E-state index contributed by atoms with van der Waals surface area (Å²) < 4.78 is 13.2. The highest BCUT2D eigenvalue weighted by atomic mass is 79.9. The Morgan fingerprint density at radius 3 is 2.60 bits per heavy atom. The number of hydrogen-bond acceptors (Lipinski definition) is 3. The van der Waals surface area contributed by atoms with Gasteiger partial charge in [-0.3, -0.25) is 9.00 Å². The molecule has 20 heavy (non-hydrogen) atoms. The largest absolute Gasteiger partial charge is 0.481 e. The minimum Gasteiger partial charge on any atom is -0.481 e. The molecule has 6 heteroatoms. The number of benzene rings is 1. The molecule has 2 N–H and O–H groups in total. The first-order chi connectivity index (χ1) is 9.39. The summed E-state index contributed by atoms with van der Waals surface area (Å²) in [6, 6.07) is 7.21. The van der Waals surface area contributed by atoms with Gasteiger partial charge in [-0.1, -0.05) is 22.0 Å². The quantitative estimate of drug-likeness (QED) is 0.865. The van der Waals surface area contributed by atoms with Crippen LogP contribution >= 0.6 is 15.9 Å². The molecule has 1 saturated carbocycles. The molecule has 2 rings (SSSR count). The third-order valence-electron chi connectivity index (χ3n) is 3.72. The van der Waals surface area contributed by atoms with Gasteiger partial charge in [-0.05, 0) is 43.9 Å². The van der Waals surface area contributed by atoms with Crippen LogP contribution in [0.3, 0.4) is 0 Å². The highest BCUT2D eigenvalue weighted by Crippen LogP contribution is 2.33. The van der Waals surface area contributed by atoms with Gasteiger partial charge in [0.2, 0.25) is 0 Å². The van der Waals surface area contributed by atoms with Gasteiger partial charge in [-0.15, -0.1) is 0 Å². The highest BCUT2D eigenvalue weighted by molar-refractivity contribution is 9.10. The number of hydrogen-bond donors (Lipinski definition) is 2. The smallest absolute Gasteiger partial charge is 0.306 e. The Labute approximate surface area is 128 Å². The van der Waals surface area contributed by atoms with Crippen molar-refractivity contribution in [1.82, 2.24) is 0 Å². The SMILES string of the molecule is O=C(O)C1CCC(O)(CS(=O)c2cccc(Br)c2)CC1. The molecule has 1 aliphatic carbocycles. The molecular weight excluding hydrogens is 344 g/mol. The van der Waals surface area contributed by atoms with E-state index in [2.05, 4.69) is 15.9 Å². The molecule has 4 nitrogen and oxygen atoms in total. The van der Waals surface area contributed by atoms with Crippen LogP contribution in [0.4, 0.5) is 0 Å². The number of carboxylic acid groups (broad SMARTS) is 1. The van der Waals surface area contributed by atoms with E-state index in [1.807, 2.05) is 12.1 Å². The molecule has 110 valence electrons. The minimum atomic E-state index is -1.28. The monoisotopic (exact) mass is 360 g/mol. The van der Waals surface area contributed by atoms with E-state index >= 15 is 0 Å². The first-order valence-corrected chi connectivity index (χ1v) is 8.60. The van der Waals surface area contributed by atoms with Crippen molar-refractivity contribution < 1.29 is 19.2 Å². The second-order valence-electron chi connectivity index (χ2n) is 5.28. The fourth-order valence-corrected chi connectivity index (χ4v) is 4.47. The number of carbonyl (C=O) groups is 1. The van der Waals surface area contributed by atoms with Gasteiger partial charge in [0.1, 0.15) is 0 Å². The normalized spacial score (nSPS) is 28.0. The van der Waals surface area contributed by atoms with E-state index in [9.17, 15) is 14.1 Å². The van der Waals surface area contributed by atoms with Crippen LogP contribution in [0.5, 0.6) is 0 Å². The summed E-state index contributed by atoms with van der Waals surface area (Å²) in [6.45, 7) is 0. The van der Waals surface area contributed by atoms with E-state index < -0.39 is 22.4 Å². The first kappa shape index (κ1) is 15.7. The van der Waals surface area contributed by atoms with Crippen LogP contribution in [-0.4, -0.2) is 31.7 Å². The molecule has 1 aliphatic rings. The molecule has 0 saturated heterocycles. The molecule has 0 amide bonds. The summed E-state index contributed by atoms with van der Waals surface area (Å²) in [5.41, 5.74) is -1.01. The molecule has 0 radical (unpaired) electrons. The van der Waals surface area contributed by atoms with Gasteiger partial charge >= 0.3 is 5.97 Å². The van der Waals surface area contributed by atoms with Crippen LogP contribution in [0.1, 0.15) is 25.7 Å². The Hall–Kier alpha value is -0.720. The van der Waals surface area contributed by atoms with E-state index in [0.29, 0.717) is 30.6 Å². The fourth-order valence-electron chi connectivity index (χ4n) is 2.48. The predicted molar refractivity (Wildman–Crippen MR) is 80.0 cm³/mol. The standard InChI is InChI=1S/C14H17BrO4S/c15-11-2-1-3-12(8-11)20(19)9-14(18)6-4-10(5-7-14)13(16)17/h1-3,8,10,18H,4-7,9H2,(H,16,17). The molecule has 1 aromatic carbocycles. The number of aliphatic carboxylic acids is 1. The van der Waals surface area contributed by atoms with Gasteiger partial charge in [0, 0.05) is 9.37 Å². The van der Waals surface area contributed by atoms with Crippen LogP contribution < -0.4 is 0 Å². The van der Waals surface area contributed by atoms with Crippen LogP contribution in [-0.2, 0) is 15.6 Å². The van der Waals surface area contributed by atoms with Crippen LogP contribution in [0.2, 0.25) is 0 Å². The Morgan fingerprint density at radius 1 is 1.40 bits per heavy atom. The maximum absolute atomic E-state index is 12.3. The van der Waals surface area contributed by atoms with E-state index in [0.717, 1.165) is 4.47 Å². The lowest BCUT2D eigenvalue weighted by molar-refractivity contribution is -0.144. The predicted octanol–water partition coefficient (Wildman–Crippen LogP) is 2.56. The number of carboxylic acids is 1. The average molecular weight is 361 g/mol. The molecular formula is C14H17BrO4S. The van der Waals surface area contributed by atoms with Crippen molar-refractivity contribution in [2.45, 2.75) is 36.2 Å². The van der Waals surface area contributed by atoms with Crippen molar-refractivity contribution in [1.29, 1.82) is 0 Å².